The van der Waals surface area contributed by atoms with E-state index in [9.17, 15) is 19.8 Å². The van der Waals surface area contributed by atoms with Crippen molar-refractivity contribution >= 4 is 18.0 Å². The first-order valence-electron chi connectivity index (χ1n) is 13.0. The van der Waals surface area contributed by atoms with E-state index in [0.717, 1.165) is 24.8 Å². The van der Waals surface area contributed by atoms with Crippen molar-refractivity contribution in [1.29, 1.82) is 0 Å². The smallest absolute Gasteiger partial charge is 0.337 e. The number of carbonyl (C=O) groups is 2. The minimum absolute atomic E-state index is 0.0105. The maximum Gasteiger partial charge on any atom is 0.337 e. The van der Waals surface area contributed by atoms with Crippen LogP contribution >= 0.6 is 0 Å². The SMILES string of the molecule is C[C@]1(CO)C2CC[C@@]3(CO3)[C@@H](C/C=C3/C(=O)OC[C@H]3OC(=O)/C=C/c3ccccc3)[C@]2(C)CC[C@H]1O. The highest BCUT2D eigenvalue weighted by atomic mass is 16.6. The lowest BCUT2D eigenvalue weighted by Gasteiger charge is -2.60. The average Bonchev–Trinajstić information content (AvgIpc) is 3.57. The van der Waals surface area contributed by atoms with E-state index < -0.39 is 29.6 Å². The zero-order chi connectivity index (χ0) is 25.6. The molecule has 36 heavy (non-hydrogen) atoms. The van der Waals surface area contributed by atoms with Crippen LogP contribution in [0.2, 0.25) is 0 Å². The Kier molecular flexibility index (Phi) is 6.60. The fourth-order valence-electron chi connectivity index (χ4n) is 7.24. The highest BCUT2D eigenvalue weighted by Gasteiger charge is 2.66. The monoisotopic (exact) mass is 496 g/mol. The minimum atomic E-state index is -0.746. The van der Waals surface area contributed by atoms with E-state index in [1.54, 1.807) is 6.08 Å². The van der Waals surface area contributed by atoms with Crippen LogP contribution in [0, 0.1) is 22.7 Å². The molecule has 4 fully saturated rings. The van der Waals surface area contributed by atoms with E-state index in [0.29, 0.717) is 25.0 Å². The van der Waals surface area contributed by atoms with Gasteiger partial charge in [0.05, 0.1) is 30.5 Å². The summed E-state index contributed by atoms with van der Waals surface area (Å²) in [5.74, 6) is -0.719. The molecule has 2 aliphatic heterocycles. The van der Waals surface area contributed by atoms with Crippen LogP contribution in [0.25, 0.3) is 6.08 Å². The Balaban J connectivity index is 1.34. The number of fused-ring (bicyclic) bond motifs is 1. The molecule has 7 nitrogen and oxygen atoms in total. The number of allylic oxidation sites excluding steroid dienone is 1. The van der Waals surface area contributed by atoms with Crippen molar-refractivity contribution in [2.45, 2.75) is 63.8 Å². The van der Waals surface area contributed by atoms with Gasteiger partial charge in [-0.05, 0) is 61.0 Å². The molecular formula is C29H36O7. The summed E-state index contributed by atoms with van der Waals surface area (Å²) in [7, 11) is 0. The third-order valence-electron chi connectivity index (χ3n) is 9.44. The normalized spacial score (nSPS) is 40.9. The maximum atomic E-state index is 12.6. The number of aliphatic hydroxyl groups excluding tert-OH is 2. The fourth-order valence-corrected chi connectivity index (χ4v) is 7.24. The number of carbonyl (C=O) groups excluding carboxylic acids is 2. The molecule has 7 heteroatoms. The molecule has 194 valence electrons. The third kappa shape index (κ3) is 4.31. The topological polar surface area (TPSA) is 106 Å². The number of rotatable bonds is 6. The molecule has 1 unspecified atom stereocenters. The Bertz CT molecular complexity index is 1060. The Morgan fingerprint density at radius 2 is 1.94 bits per heavy atom. The molecule has 0 radical (unpaired) electrons. The Morgan fingerprint density at radius 1 is 1.19 bits per heavy atom. The number of cyclic esters (lactones) is 1. The van der Waals surface area contributed by atoms with Gasteiger partial charge in [-0.15, -0.1) is 0 Å². The fraction of sp³-hybridized carbons (Fsp3) is 0.586. The van der Waals surface area contributed by atoms with Gasteiger partial charge in [-0.1, -0.05) is 50.3 Å². The molecule has 0 aromatic heterocycles. The molecular weight excluding hydrogens is 460 g/mol. The van der Waals surface area contributed by atoms with Gasteiger partial charge in [0.2, 0.25) is 0 Å². The number of benzene rings is 1. The number of epoxide rings is 1. The van der Waals surface area contributed by atoms with E-state index in [1.165, 1.54) is 6.08 Å². The lowest BCUT2D eigenvalue weighted by Crippen LogP contribution is -2.60. The summed E-state index contributed by atoms with van der Waals surface area (Å²) < 4.78 is 16.9. The second-order valence-electron chi connectivity index (χ2n) is 11.4. The Hall–Kier alpha value is -2.48. The summed E-state index contributed by atoms with van der Waals surface area (Å²) in [5, 5.41) is 21.0. The molecule has 1 aromatic rings. The van der Waals surface area contributed by atoms with Crippen LogP contribution in [-0.2, 0) is 23.8 Å². The standard InChI is InChI=1S/C29H36O7/c1-27-14-13-24(31)28(2,17-30)22(27)12-15-29(18-35-29)23(27)10-9-20-21(16-34-26(20)33)36-25(32)11-8-19-6-4-3-5-7-19/h3-9,11,21-24,30-31H,10,12-18H2,1-2H3/b11-8+,20-9+/t21-,22?,23+,24-,27-,28+,29-/m1/s1. The third-order valence-corrected chi connectivity index (χ3v) is 9.44. The second kappa shape index (κ2) is 9.43. The summed E-state index contributed by atoms with van der Waals surface area (Å²) in [5.41, 5.74) is 0.304. The molecule has 4 aliphatic rings. The molecule has 7 atom stereocenters. The van der Waals surface area contributed by atoms with Crippen molar-refractivity contribution in [2.75, 3.05) is 19.8 Å². The number of aliphatic hydroxyl groups is 2. The predicted octanol–water partition coefficient (Wildman–Crippen LogP) is 3.44. The molecule has 5 rings (SSSR count). The first-order valence-corrected chi connectivity index (χ1v) is 13.0. The van der Waals surface area contributed by atoms with Crippen LogP contribution in [0.4, 0.5) is 0 Å². The van der Waals surface area contributed by atoms with Gasteiger partial charge >= 0.3 is 11.9 Å². The van der Waals surface area contributed by atoms with Crippen molar-refractivity contribution in [3.63, 3.8) is 0 Å². The molecule has 2 N–H and O–H groups in total. The van der Waals surface area contributed by atoms with Gasteiger partial charge in [-0.25, -0.2) is 9.59 Å². The van der Waals surface area contributed by atoms with Crippen molar-refractivity contribution in [3.05, 3.63) is 53.6 Å². The predicted molar refractivity (Wildman–Crippen MR) is 132 cm³/mol. The maximum absolute atomic E-state index is 12.6. The van der Waals surface area contributed by atoms with Crippen LogP contribution in [0.5, 0.6) is 0 Å². The van der Waals surface area contributed by atoms with Crippen molar-refractivity contribution in [3.8, 4) is 0 Å². The largest absolute Gasteiger partial charge is 0.458 e. The lowest BCUT2D eigenvalue weighted by molar-refractivity contribution is -0.175. The van der Waals surface area contributed by atoms with Gasteiger partial charge in [0.1, 0.15) is 6.61 Å². The van der Waals surface area contributed by atoms with Gasteiger partial charge in [-0.3, -0.25) is 0 Å². The molecule has 2 heterocycles. The minimum Gasteiger partial charge on any atom is -0.458 e. The summed E-state index contributed by atoms with van der Waals surface area (Å²) in [4.78, 5) is 25.0. The number of ether oxygens (including phenoxy) is 3. The molecule has 0 bridgehead atoms. The number of esters is 2. The van der Waals surface area contributed by atoms with Crippen LogP contribution in [0.1, 0.15) is 51.5 Å². The van der Waals surface area contributed by atoms with Gasteiger partial charge in [-0.2, -0.15) is 0 Å². The molecule has 1 spiro atoms. The van der Waals surface area contributed by atoms with Crippen LogP contribution < -0.4 is 0 Å². The highest BCUT2D eigenvalue weighted by Crippen LogP contribution is 2.66. The second-order valence-corrected chi connectivity index (χ2v) is 11.4. The Morgan fingerprint density at radius 3 is 2.64 bits per heavy atom. The molecule has 2 saturated heterocycles. The summed E-state index contributed by atoms with van der Waals surface area (Å²) >= 11 is 0. The molecule has 2 aliphatic carbocycles. The van der Waals surface area contributed by atoms with Gasteiger partial charge in [0, 0.05) is 11.5 Å². The van der Waals surface area contributed by atoms with E-state index in [2.05, 4.69) is 6.92 Å². The van der Waals surface area contributed by atoms with Crippen molar-refractivity contribution in [1.82, 2.24) is 0 Å². The van der Waals surface area contributed by atoms with Crippen molar-refractivity contribution in [2.24, 2.45) is 22.7 Å². The van der Waals surface area contributed by atoms with E-state index >= 15 is 0 Å². The lowest BCUT2D eigenvalue weighted by atomic mass is 9.45. The van der Waals surface area contributed by atoms with Crippen LogP contribution in [-0.4, -0.2) is 59.8 Å². The van der Waals surface area contributed by atoms with E-state index in [1.807, 2.05) is 43.3 Å². The van der Waals surface area contributed by atoms with Gasteiger partial charge in [0.25, 0.3) is 0 Å². The molecule has 0 amide bonds. The molecule has 2 saturated carbocycles. The summed E-state index contributed by atoms with van der Waals surface area (Å²) in [6.07, 6.45) is 7.44. The van der Waals surface area contributed by atoms with Crippen LogP contribution in [0.3, 0.4) is 0 Å². The summed E-state index contributed by atoms with van der Waals surface area (Å²) in [6.45, 7) is 4.89. The first kappa shape index (κ1) is 25.2. The number of hydrogen-bond acceptors (Lipinski definition) is 7. The Labute approximate surface area is 212 Å². The zero-order valence-corrected chi connectivity index (χ0v) is 21.0. The van der Waals surface area contributed by atoms with E-state index in [-0.39, 0.29) is 36.1 Å². The highest BCUT2D eigenvalue weighted by molar-refractivity contribution is 5.93. The zero-order valence-electron chi connectivity index (χ0n) is 21.0. The quantitative estimate of drug-likeness (QED) is 0.353. The van der Waals surface area contributed by atoms with Crippen LogP contribution in [0.15, 0.2) is 48.1 Å². The average molecular weight is 497 g/mol. The van der Waals surface area contributed by atoms with Gasteiger partial charge < -0.3 is 24.4 Å². The van der Waals surface area contributed by atoms with Gasteiger partial charge in [0.15, 0.2) is 6.10 Å². The van der Waals surface area contributed by atoms with Crippen molar-refractivity contribution < 1.29 is 34.0 Å². The summed E-state index contributed by atoms with van der Waals surface area (Å²) in [6, 6.07) is 9.45. The number of hydrogen-bond donors (Lipinski definition) is 2. The van der Waals surface area contributed by atoms with E-state index in [4.69, 9.17) is 14.2 Å². The molecule has 1 aromatic carbocycles. The first-order chi connectivity index (χ1) is 17.2.